The molecule has 1 aliphatic heterocycles. The van der Waals surface area contributed by atoms with E-state index >= 15 is 0 Å². The van der Waals surface area contributed by atoms with Gasteiger partial charge in [-0.05, 0) is 20.8 Å². The molecule has 0 aromatic heterocycles. The summed E-state index contributed by atoms with van der Waals surface area (Å²) in [6.07, 6.45) is -2.37. The lowest BCUT2D eigenvalue weighted by molar-refractivity contribution is -0.335. The third-order valence-corrected chi connectivity index (χ3v) is 3.81. The van der Waals surface area contributed by atoms with Crippen LogP contribution >= 0.6 is 0 Å². The van der Waals surface area contributed by atoms with E-state index in [0.717, 1.165) is 7.05 Å². The zero-order valence-corrected chi connectivity index (χ0v) is 15.4. The van der Waals surface area contributed by atoms with E-state index in [1.165, 1.54) is 20.8 Å². The van der Waals surface area contributed by atoms with Crippen LogP contribution in [-0.2, 0) is 14.3 Å². The van der Waals surface area contributed by atoms with Crippen LogP contribution in [0.15, 0.2) is 0 Å². The number of ether oxygens (including phenoxy) is 1. The molecule has 1 atom stereocenters. The second-order valence-corrected chi connectivity index (χ2v) is 7.38. The van der Waals surface area contributed by atoms with Gasteiger partial charge in [0, 0.05) is 7.05 Å². The van der Waals surface area contributed by atoms with Crippen LogP contribution in [0.4, 0.5) is 31.1 Å². The van der Waals surface area contributed by atoms with Crippen LogP contribution in [0.5, 0.6) is 0 Å². The van der Waals surface area contributed by atoms with Crippen LogP contribution in [0.25, 0.3) is 0 Å². The Hall–Kier alpha value is -2.21. The van der Waals surface area contributed by atoms with E-state index in [9.17, 15) is 40.7 Å². The highest BCUT2D eigenvalue weighted by atomic mass is 19.3. The molecule has 1 aliphatic rings. The lowest BCUT2D eigenvalue weighted by Crippen LogP contribution is -2.69. The number of halogens is 6. The largest absolute Gasteiger partial charge is 0.481 e. The Balaban J connectivity index is 3.17. The summed E-state index contributed by atoms with van der Waals surface area (Å²) in [5.41, 5.74) is -1.07. The molecule has 0 aromatic rings. The molecule has 0 aromatic carbocycles. The topological polar surface area (TPSA) is 87.1 Å². The average molecular weight is 422 g/mol. The van der Waals surface area contributed by atoms with Crippen LogP contribution in [0.2, 0.25) is 0 Å². The number of rotatable bonds is 4. The predicted molar refractivity (Wildman–Crippen MR) is 81.5 cm³/mol. The first-order valence-corrected chi connectivity index (χ1v) is 7.92. The number of piperidine rings is 1. The van der Waals surface area contributed by atoms with E-state index in [1.807, 2.05) is 0 Å². The minimum atomic E-state index is -5.70. The van der Waals surface area contributed by atoms with Gasteiger partial charge < -0.3 is 14.7 Å². The van der Waals surface area contributed by atoms with Crippen LogP contribution in [0, 0.1) is 0 Å². The molecule has 0 radical (unpaired) electrons. The quantitative estimate of drug-likeness (QED) is 0.704. The fourth-order valence-corrected chi connectivity index (χ4v) is 2.38. The summed E-state index contributed by atoms with van der Waals surface area (Å²) >= 11 is 0. The van der Waals surface area contributed by atoms with Crippen molar-refractivity contribution < 1.29 is 50.6 Å². The van der Waals surface area contributed by atoms with E-state index in [4.69, 9.17) is 9.84 Å². The number of likely N-dealkylation sites (N-methyl/N-ethyl adjacent to an activating group) is 1. The molecule has 1 heterocycles. The van der Waals surface area contributed by atoms with Gasteiger partial charge >= 0.3 is 29.8 Å². The van der Waals surface area contributed by atoms with Crippen LogP contribution in [-0.4, -0.2) is 82.4 Å². The van der Waals surface area contributed by atoms with Crippen LogP contribution < -0.4 is 0 Å². The highest BCUT2D eigenvalue weighted by Gasteiger charge is 2.75. The molecule has 1 unspecified atom stereocenters. The number of nitrogens with zero attached hydrogens (tertiary/aromatic N) is 2. The lowest BCUT2D eigenvalue weighted by atomic mass is 9.97. The molecule has 0 spiro atoms. The molecular weight excluding hydrogens is 402 g/mol. The van der Waals surface area contributed by atoms with E-state index in [-0.39, 0.29) is 4.90 Å². The lowest BCUT2D eigenvalue weighted by Gasteiger charge is -2.44. The summed E-state index contributed by atoms with van der Waals surface area (Å²) in [6.45, 7) is 0.209. The van der Waals surface area contributed by atoms with Gasteiger partial charge in [-0.2, -0.15) is 26.3 Å². The van der Waals surface area contributed by atoms with Crippen molar-refractivity contribution in [1.29, 1.82) is 0 Å². The number of hydrogen-bond donors (Lipinski definition) is 1. The summed E-state index contributed by atoms with van der Waals surface area (Å²) in [6, 6.07) is -2.02. The summed E-state index contributed by atoms with van der Waals surface area (Å²) < 4.78 is 85.7. The number of carbonyl (C=O) groups excluding carboxylic acids is 2. The fourth-order valence-electron chi connectivity index (χ4n) is 2.38. The standard InChI is InChI=1S/C15H20F6N2O5/c1-12(2,3)28-11(27)22(4)8(5-9(24)25)10(26)23-6-13(16,17)15(20,21)14(18,19)7-23/h8H,5-7H2,1-4H3,(H,24,25). The van der Waals surface area contributed by atoms with Gasteiger partial charge in [-0.3, -0.25) is 14.5 Å². The Labute approximate surface area is 156 Å². The van der Waals surface area contributed by atoms with Gasteiger partial charge in [0.05, 0.1) is 19.5 Å². The molecular formula is C15H20F6N2O5. The SMILES string of the molecule is CN(C(=O)OC(C)(C)C)C(CC(=O)O)C(=O)N1CC(F)(F)C(F)(F)C(F)(F)C1. The third-order valence-electron chi connectivity index (χ3n) is 3.81. The second kappa shape index (κ2) is 7.32. The summed E-state index contributed by atoms with van der Waals surface area (Å²) in [5.74, 6) is -19.5. The molecule has 162 valence electrons. The third kappa shape index (κ3) is 4.79. The molecule has 13 heteroatoms. The second-order valence-electron chi connectivity index (χ2n) is 7.38. The van der Waals surface area contributed by atoms with Crippen molar-refractivity contribution in [3.8, 4) is 0 Å². The zero-order valence-electron chi connectivity index (χ0n) is 15.4. The van der Waals surface area contributed by atoms with Crippen molar-refractivity contribution in [2.75, 3.05) is 20.1 Å². The van der Waals surface area contributed by atoms with E-state index in [2.05, 4.69) is 0 Å². The first-order chi connectivity index (χ1) is 12.3. The monoisotopic (exact) mass is 422 g/mol. The van der Waals surface area contributed by atoms with Gasteiger partial charge in [-0.15, -0.1) is 0 Å². The Morgan fingerprint density at radius 2 is 1.50 bits per heavy atom. The number of aliphatic carboxylic acids is 1. The smallest absolute Gasteiger partial charge is 0.410 e. The molecule has 2 amide bonds. The molecule has 0 saturated carbocycles. The van der Waals surface area contributed by atoms with Crippen molar-refractivity contribution in [2.24, 2.45) is 0 Å². The molecule has 0 aliphatic carbocycles. The van der Waals surface area contributed by atoms with Crippen molar-refractivity contribution in [2.45, 2.75) is 56.6 Å². The fraction of sp³-hybridized carbons (Fsp3) is 0.800. The van der Waals surface area contributed by atoms with Crippen LogP contribution in [0.3, 0.4) is 0 Å². The van der Waals surface area contributed by atoms with Crippen molar-refractivity contribution >= 4 is 18.0 Å². The van der Waals surface area contributed by atoms with Gasteiger partial charge in [0.2, 0.25) is 5.91 Å². The first-order valence-electron chi connectivity index (χ1n) is 7.92. The van der Waals surface area contributed by atoms with Gasteiger partial charge in [0.1, 0.15) is 11.6 Å². The van der Waals surface area contributed by atoms with Crippen molar-refractivity contribution in [1.82, 2.24) is 9.80 Å². The van der Waals surface area contributed by atoms with E-state index < -0.39 is 66.9 Å². The van der Waals surface area contributed by atoms with Crippen LogP contribution in [0.1, 0.15) is 27.2 Å². The molecule has 0 bridgehead atoms. The summed E-state index contributed by atoms with van der Waals surface area (Å²) in [4.78, 5) is 35.6. The van der Waals surface area contributed by atoms with Crippen molar-refractivity contribution in [3.05, 3.63) is 0 Å². The molecule has 1 fully saturated rings. The Bertz CT molecular complexity index is 629. The number of hydrogen-bond acceptors (Lipinski definition) is 4. The number of carboxylic acids is 1. The molecule has 1 rings (SSSR count). The minimum Gasteiger partial charge on any atom is -0.481 e. The number of likely N-dealkylation sites (tertiary alicyclic amines) is 1. The van der Waals surface area contributed by atoms with Crippen molar-refractivity contribution in [3.63, 3.8) is 0 Å². The summed E-state index contributed by atoms with van der Waals surface area (Å²) in [5, 5.41) is 8.92. The van der Waals surface area contributed by atoms with Gasteiger partial charge in [0.15, 0.2) is 0 Å². The molecule has 7 nitrogen and oxygen atoms in total. The van der Waals surface area contributed by atoms with Gasteiger partial charge in [-0.1, -0.05) is 0 Å². The Morgan fingerprint density at radius 3 is 1.86 bits per heavy atom. The Kier molecular flexibility index (Phi) is 6.23. The maximum Gasteiger partial charge on any atom is 0.410 e. The molecule has 28 heavy (non-hydrogen) atoms. The maximum atomic E-state index is 13.6. The van der Waals surface area contributed by atoms with Gasteiger partial charge in [-0.25, -0.2) is 4.79 Å². The predicted octanol–water partition coefficient (Wildman–Crippen LogP) is 2.44. The summed E-state index contributed by atoms with van der Waals surface area (Å²) in [7, 11) is 0.897. The zero-order chi connectivity index (χ0) is 22.3. The number of carbonyl (C=O) groups is 3. The number of amides is 2. The average Bonchev–Trinajstić information content (AvgIpc) is 2.46. The molecule has 1 N–H and O–H groups in total. The maximum absolute atomic E-state index is 13.6. The number of carboxylic acid groups (broad SMARTS) is 1. The normalized spacial score (nSPS) is 21.6. The first kappa shape index (κ1) is 23.8. The van der Waals surface area contributed by atoms with E-state index in [1.54, 1.807) is 0 Å². The Morgan fingerprint density at radius 1 is 1.07 bits per heavy atom. The minimum absolute atomic E-state index is 0.272. The van der Waals surface area contributed by atoms with Gasteiger partial charge in [0.25, 0.3) is 0 Å². The highest BCUT2D eigenvalue weighted by molar-refractivity contribution is 5.89. The van der Waals surface area contributed by atoms with E-state index in [0.29, 0.717) is 4.90 Å². The number of alkyl halides is 6. The molecule has 1 saturated heterocycles. The highest BCUT2D eigenvalue weighted by Crippen LogP contribution is 2.49.